The number of methoxy groups -OCH3 is 1. The fourth-order valence-corrected chi connectivity index (χ4v) is 2.24. The molecule has 0 saturated heterocycles. The van der Waals surface area contributed by atoms with Gasteiger partial charge < -0.3 is 4.74 Å². The number of benzene rings is 1. The van der Waals surface area contributed by atoms with Crippen molar-refractivity contribution in [3.8, 4) is 0 Å². The molecule has 8 nitrogen and oxygen atoms in total. The first-order chi connectivity index (χ1) is 10.1. The Bertz CT molecular complexity index is 658. The second-order valence-corrected chi connectivity index (χ2v) is 5.07. The zero-order chi connectivity index (χ0) is 15.2. The van der Waals surface area contributed by atoms with Crippen LogP contribution in [0, 0.1) is 10.1 Å². The van der Waals surface area contributed by atoms with Crippen molar-refractivity contribution in [1.29, 1.82) is 0 Å². The van der Waals surface area contributed by atoms with Crippen LogP contribution < -0.4 is 5.32 Å². The lowest BCUT2D eigenvalue weighted by molar-refractivity contribution is -0.384. The minimum Gasteiger partial charge on any atom is -0.384 e. The minimum absolute atomic E-state index is 0.138. The van der Waals surface area contributed by atoms with Crippen LogP contribution in [0.15, 0.2) is 24.3 Å². The highest BCUT2D eigenvalue weighted by atomic mass is 32.1. The van der Waals surface area contributed by atoms with Gasteiger partial charge in [0.1, 0.15) is 5.01 Å². The number of rotatable bonds is 6. The van der Waals surface area contributed by atoms with Crippen LogP contribution in [0.1, 0.15) is 15.4 Å². The van der Waals surface area contributed by atoms with Gasteiger partial charge in [0.15, 0.2) is 0 Å². The van der Waals surface area contributed by atoms with Crippen LogP contribution in [0.5, 0.6) is 0 Å². The summed E-state index contributed by atoms with van der Waals surface area (Å²) in [7, 11) is 1.59. The summed E-state index contributed by atoms with van der Waals surface area (Å²) < 4.78 is 4.93. The molecule has 1 N–H and O–H groups in total. The van der Waals surface area contributed by atoms with Crippen molar-refractivity contribution in [2.45, 2.75) is 6.42 Å². The Morgan fingerprint density at radius 2 is 2.29 bits per heavy atom. The molecule has 2 rings (SSSR count). The summed E-state index contributed by atoms with van der Waals surface area (Å²) in [5.74, 6) is -0.465. The molecule has 0 aliphatic carbocycles. The Morgan fingerprint density at radius 3 is 3.00 bits per heavy atom. The van der Waals surface area contributed by atoms with Crippen molar-refractivity contribution in [2.24, 2.45) is 0 Å². The number of amides is 1. The first-order valence-corrected chi connectivity index (χ1v) is 6.79. The molecule has 1 heterocycles. The van der Waals surface area contributed by atoms with Crippen molar-refractivity contribution in [1.82, 2.24) is 10.2 Å². The molecule has 0 aliphatic heterocycles. The predicted molar refractivity (Wildman–Crippen MR) is 76.5 cm³/mol. The lowest BCUT2D eigenvalue weighted by Crippen LogP contribution is -2.11. The second kappa shape index (κ2) is 6.86. The summed E-state index contributed by atoms with van der Waals surface area (Å²) in [5.41, 5.74) is 0.0542. The van der Waals surface area contributed by atoms with Crippen LogP contribution >= 0.6 is 11.3 Å². The standard InChI is InChI=1S/C12H12N4O4S/c1-20-6-5-10-14-15-12(21-10)13-11(17)8-3-2-4-9(7-8)16(18)19/h2-4,7H,5-6H2,1H3,(H,13,15,17). The van der Waals surface area contributed by atoms with E-state index in [0.717, 1.165) is 5.01 Å². The van der Waals surface area contributed by atoms with Gasteiger partial charge in [0.2, 0.25) is 5.13 Å². The number of nitro groups is 1. The molecular weight excluding hydrogens is 296 g/mol. The fraction of sp³-hybridized carbons (Fsp3) is 0.250. The van der Waals surface area contributed by atoms with E-state index < -0.39 is 10.8 Å². The van der Waals surface area contributed by atoms with Crippen molar-refractivity contribution in [2.75, 3.05) is 19.0 Å². The van der Waals surface area contributed by atoms with Crippen molar-refractivity contribution in [3.05, 3.63) is 45.0 Å². The third-order valence-electron chi connectivity index (χ3n) is 2.53. The zero-order valence-electron chi connectivity index (χ0n) is 11.1. The molecule has 0 aliphatic rings. The van der Waals surface area contributed by atoms with E-state index in [1.54, 1.807) is 7.11 Å². The molecule has 21 heavy (non-hydrogen) atoms. The van der Waals surface area contributed by atoms with E-state index >= 15 is 0 Å². The maximum absolute atomic E-state index is 12.0. The lowest BCUT2D eigenvalue weighted by atomic mass is 10.2. The van der Waals surface area contributed by atoms with Crippen LogP contribution in [0.2, 0.25) is 0 Å². The Balaban J connectivity index is 2.05. The van der Waals surface area contributed by atoms with Gasteiger partial charge in [0, 0.05) is 31.2 Å². The van der Waals surface area contributed by atoms with Crippen molar-refractivity contribution >= 4 is 28.1 Å². The van der Waals surface area contributed by atoms with E-state index in [4.69, 9.17) is 4.74 Å². The highest BCUT2D eigenvalue weighted by Crippen LogP contribution is 2.18. The number of hydrogen-bond acceptors (Lipinski definition) is 7. The average molecular weight is 308 g/mol. The third-order valence-corrected chi connectivity index (χ3v) is 3.42. The first kappa shape index (κ1) is 15.0. The molecule has 1 amide bonds. The number of hydrogen-bond donors (Lipinski definition) is 1. The maximum atomic E-state index is 12.0. The number of carbonyl (C=O) groups is 1. The molecule has 0 bridgehead atoms. The zero-order valence-corrected chi connectivity index (χ0v) is 11.9. The molecule has 0 radical (unpaired) electrons. The van der Waals surface area contributed by atoms with Gasteiger partial charge in [-0.15, -0.1) is 10.2 Å². The highest BCUT2D eigenvalue weighted by molar-refractivity contribution is 7.15. The summed E-state index contributed by atoms with van der Waals surface area (Å²) in [6.45, 7) is 0.521. The SMILES string of the molecule is COCCc1nnc(NC(=O)c2cccc([N+](=O)[O-])c2)s1. The smallest absolute Gasteiger partial charge is 0.270 e. The molecule has 110 valence electrons. The van der Waals surface area contributed by atoms with E-state index in [1.807, 2.05) is 0 Å². The summed E-state index contributed by atoms with van der Waals surface area (Å²) in [6.07, 6.45) is 0.612. The molecule has 0 spiro atoms. The number of aromatic nitrogens is 2. The maximum Gasteiger partial charge on any atom is 0.270 e. The van der Waals surface area contributed by atoms with Crippen LogP contribution in [0.4, 0.5) is 10.8 Å². The molecule has 0 saturated carbocycles. The van der Waals surface area contributed by atoms with Gasteiger partial charge in [0.25, 0.3) is 11.6 Å². The van der Waals surface area contributed by atoms with Crippen LogP contribution in [-0.4, -0.2) is 34.7 Å². The van der Waals surface area contributed by atoms with Crippen molar-refractivity contribution < 1.29 is 14.5 Å². The van der Waals surface area contributed by atoms with Crippen molar-refractivity contribution in [3.63, 3.8) is 0 Å². The summed E-state index contributed by atoms with van der Waals surface area (Å²) in [4.78, 5) is 22.1. The van der Waals surface area contributed by atoms with Crippen LogP contribution in [-0.2, 0) is 11.2 Å². The number of carbonyl (C=O) groups excluding carboxylic acids is 1. The molecule has 2 aromatic rings. The minimum atomic E-state index is -0.551. The van der Waals surface area contributed by atoms with Gasteiger partial charge in [0.05, 0.1) is 11.5 Å². The lowest BCUT2D eigenvalue weighted by Gasteiger charge is -2.00. The highest BCUT2D eigenvalue weighted by Gasteiger charge is 2.13. The molecular formula is C12H12N4O4S. The van der Waals surface area contributed by atoms with Gasteiger partial charge in [-0.2, -0.15) is 0 Å². The summed E-state index contributed by atoms with van der Waals surface area (Å²) >= 11 is 1.24. The predicted octanol–water partition coefficient (Wildman–Crippen LogP) is 1.89. The first-order valence-electron chi connectivity index (χ1n) is 5.97. The van der Waals surface area contributed by atoms with Gasteiger partial charge in [-0.25, -0.2) is 0 Å². The van der Waals surface area contributed by atoms with E-state index in [9.17, 15) is 14.9 Å². The average Bonchev–Trinajstić information content (AvgIpc) is 2.92. The Morgan fingerprint density at radius 1 is 1.48 bits per heavy atom. The van der Waals surface area contributed by atoms with E-state index in [1.165, 1.54) is 35.6 Å². The Kier molecular flexibility index (Phi) is 4.90. The summed E-state index contributed by atoms with van der Waals surface area (Å²) in [6, 6.07) is 5.49. The van der Waals surface area contributed by atoms with Crippen LogP contribution in [0.25, 0.3) is 0 Å². The number of anilines is 1. The van der Waals surface area contributed by atoms with Gasteiger partial charge in [-0.3, -0.25) is 20.2 Å². The topological polar surface area (TPSA) is 107 Å². The largest absolute Gasteiger partial charge is 0.384 e. The summed E-state index contributed by atoms with van der Waals surface area (Å²) in [5, 5.41) is 22.1. The number of ether oxygens (including phenoxy) is 1. The van der Waals surface area contributed by atoms with Gasteiger partial charge >= 0.3 is 0 Å². The Hall–Kier alpha value is -2.39. The second-order valence-electron chi connectivity index (χ2n) is 4.01. The van der Waals surface area contributed by atoms with E-state index in [-0.39, 0.29) is 11.3 Å². The van der Waals surface area contributed by atoms with E-state index in [2.05, 4.69) is 15.5 Å². The monoisotopic (exact) mass is 308 g/mol. The Labute approximate surface area is 123 Å². The van der Waals surface area contributed by atoms with Gasteiger partial charge in [-0.1, -0.05) is 17.4 Å². The number of nitrogens with one attached hydrogen (secondary N) is 1. The third kappa shape index (κ3) is 4.04. The van der Waals surface area contributed by atoms with E-state index in [0.29, 0.717) is 18.2 Å². The molecule has 1 aromatic heterocycles. The molecule has 0 unspecified atom stereocenters. The van der Waals surface area contributed by atoms with Crippen LogP contribution in [0.3, 0.4) is 0 Å². The quantitative estimate of drug-likeness (QED) is 0.645. The number of nitro benzene ring substituents is 1. The number of nitrogens with zero attached hydrogens (tertiary/aromatic N) is 3. The van der Waals surface area contributed by atoms with Gasteiger partial charge in [-0.05, 0) is 6.07 Å². The molecule has 0 fully saturated rings. The molecule has 9 heteroatoms. The number of non-ortho nitro benzene ring substituents is 1. The molecule has 1 aromatic carbocycles. The molecule has 0 atom stereocenters. The normalized spacial score (nSPS) is 10.3. The fourth-order valence-electron chi connectivity index (χ4n) is 1.52.